The van der Waals surface area contributed by atoms with Crippen LogP contribution in [0, 0.1) is 5.82 Å². The Hall–Kier alpha value is -1.57. The van der Waals surface area contributed by atoms with Crippen molar-refractivity contribution in [1.82, 2.24) is 4.57 Å². The van der Waals surface area contributed by atoms with Crippen LogP contribution >= 0.6 is 0 Å². The molecular formula is C11H8FN. The SMILES string of the molecule is Fc1ccc2c(c1)Cc1cccn1-2. The lowest BCUT2D eigenvalue weighted by atomic mass is 10.1. The number of aromatic nitrogens is 1. The summed E-state index contributed by atoms with van der Waals surface area (Å²) >= 11 is 0. The molecule has 0 radical (unpaired) electrons. The Kier molecular flexibility index (Phi) is 1.18. The molecule has 0 amide bonds. The van der Waals surface area contributed by atoms with Gasteiger partial charge in [-0.15, -0.1) is 0 Å². The fourth-order valence-electron chi connectivity index (χ4n) is 1.92. The fourth-order valence-corrected chi connectivity index (χ4v) is 1.92. The largest absolute Gasteiger partial charge is 0.320 e. The fraction of sp³-hybridized carbons (Fsp3) is 0.0909. The summed E-state index contributed by atoms with van der Waals surface area (Å²) in [6, 6.07) is 9.04. The summed E-state index contributed by atoms with van der Waals surface area (Å²) in [5.41, 5.74) is 3.43. The molecule has 64 valence electrons. The van der Waals surface area contributed by atoms with Gasteiger partial charge in [-0.2, -0.15) is 0 Å². The number of benzene rings is 1. The summed E-state index contributed by atoms with van der Waals surface area (Å²) in [5.74, 6) is -0.149. The first-order valence-corrected chi connectivity index (χ1v) is 4.29. The van der Waals surface area contributed by atoms with Gasteiger partial charge in [0.15, 0.2) is 0 Å². The number of halogens is 1. The molecule has 0 aliphatic carbocycles. The summed E-state index contributed by atoms with van der Waals surface area (Å²) in [4.78, 5) is 0. The summed E-state index contributed by atoms with van der Waals surface area (Å²) < 4.78 is 15.0. The Balaban J connectivity index is 2.29. The lowest BCUT2D eigenvalue weighted by Crippen LogP contribution is -1.88. The minimum Gasteiger partial charge on any atom is -0.320 e. The van der Waals surface area contributed by atoms with Crippen molar-refractivity contribution in [3.8, 4) is 5.69 Å². The van der Waals surface area contributed by atoms with Crippen LogP contribution in [0.25, 0.3) is 5.69 Å². The zero-order valence-electron chi connectivity index (χ0n) is 7.00. The molecule has 0 bridgehead atoms. The molecule has 2 heteroatoms. The van der Waals surface area contributed by atoms with Gasteiger partial charge in [0.1, 0.15) is 5.82 Å². The summed E-state index contributed by atoms with van der Waals surface area (Å²) in [7, 11) is 0. The van der Waals surface area contributed by atoms with E-state index in [4.69, 9.17) is 0 Å². The minimum absolute atomic E-state index is 0.149. The van der Waals surface area contributed by atoms with Crippen LogP contribution in [-0.4, -0.2) is 4.57 Å². The van der Waals surface area contributed by atoms with Crippen LogP contribution in [0.1, 0.15) is 11.3 Å². The number of rotatable bonds is 0. The molecule has 0 N–H and O–H groups in total. The first kappa shape index (κ1) is 6.89. The zero-order chi connectivity index (χ0) is 8.84. The molecule has 0 saturated heterocycles. The average Bonchev–Trinajstić information content (AvgIpc) is 2.62. The van der Waals surface area contributed by atoms with Crippen molar-refractivity contribution in [1.29, 1.82) is 0 Å². The summed E-state index contributed by atoms with van der Waals surface area (Å²) in [5, 5.41) is 0. The monoisotopic (exact) mass is 173 g/mol. The van der Waals surface area contributed by atoms with Crippen LogP contribution in [0.5, 0.6) is 0 Å². The predicted octanol–water partition coefficient (Wildman–Crippen LogP) is 2.52. The molecule has 0 spiro atoms. The molecule has 0 unspecified atom stereocenters. The third-order valence-electron chi connectivity index (χ3n) is 2.51. The lowest BCUT2D eigenvalue weighted by molar-refractivity contribution is 0.626. The van der Waals surface area contributed by atoms with Gasteiger partial charge in [0.05, 0.1) is 0 Å². The molecule has 0 fully saturated rings. The van der Waals surface area contributed by atoms with Gasteiger partial charge in [0.2, 0.25) is 0 Å². The Morgan fingerprint density at radius 1 is 1.23 bits per heavy atom. The molecule has 1 aromatic heterocycles. The molecule has 1 aliphatic heterocycles. The van der Waals surface area contributed by atoms with E-state index in [2.05, 4.69) is 10.6 Å². The third kappa shape index (κ3) is 0.856. The van der Waals surface area contributed by atoms with Crippen molar-refractivity contribution in [2.24, 2.45) is 0 Å². The molecule has 3 rings (SSSR count). The van der Waals surface area contributed by atoms with Crippen molar-refractivity contribution >= 4 is 0 Å². The van der Waals surface area contributed by atoms with E-state index in [9.17, 15) is 4.39 Å². The van der Waals surface area contributed by atoms with Crippen molar-refractivity contribution < 1.29 is 4.39 Å². The third-order valence-corrected chi connectivity index (χ3v) is 2.51. The zero-order valence-corrected chi connectivity index (χ0v) is 7.00. The molecular weight excluding hydrogens is 165 g/mol. The molecule has 1 nitrogen and oxygen atoms in total. The van der Waals surface area contributed by atoms with E-state index >= 15 is 0 Å². The summed E-state index contributed by atoms with van der Waals surface area (Å²) in [6.45, 7) is 0. The highest BCUT2D eigenvalue weighted by molar-refractivity contribution is 5.50. The number of hydrogen-bond donors (Lipinski definition) is 0. The topological polar surface area (TPSA) is 4.93 Å². The Labute approximate surface area is 75.4 Å². The van der Waals surface area contributed by atoms with Crippen LogP contribution in [0.15, 0.2) is 36.5 Å². The van der Waals surface area contributed by atoms with Gasteiger partial charge in [-0.05, 0) is 35.9 Å². The maximum Gasteiger partial charge on any atom is 0.123 e. The van der Waals surface area contributed by atoms with Crippen molar-refractivity contribution in [2.75, 3.05) is 0 Å². The van der Waals surface area contributed by atoms with Crippen molar-refractivity contribution in [2.45, 2.75) is 6.42 Å². The van der Waals surface area contributed by atoms with Gasteiger partial charge < -0.3 is 4.57 Å². The van der Waals surface area contributed by atoms with Crippen molar-refractivity contribution in [3.63, 3.8) is 0 Å². The van der Waals surface area contributed by atoms with Gasteiger partial charge in [-0.3, -0.25) is 0 Å². The smallest absolute Gasteiger partial charge is 0.123 e. The molecule has 0 atom stereocenters. The Morgan fingerprint density at radius 2 is 2.15 bits per heavy atom. The molecule has 2 heterocycles. The van der Waals surface area contributed by atoms with E-state index in [0.717, 1.165) is 17.7 Å². The average molecular weight is 173 g/mol. The minimum atomic E-state index is -0.149. The van der Waals surface area contributed by atoms with Gasteiger partial charge in [0.25, 0.3) is 0 Å². The highest BCUT2D eigenvalue weighted by atomic mass is 19.1. The lowest BCUT2D eigenvalue weighted by Gasteiger charge is -2.00. The maximum absolute atomic E-state index is 12.9. The van der Waals surface area contributed by atoms with Crippen LogP contribution in [0.2, 0.25) is 0 Å². The molecule has 13 heavy (non-hydrogen) atoms. The molecule has 1 aliphatic rings. The molecule has 2 aromatic rings. The number of nitrogens with zero attached hydrogens (tertiary/aromatic N) is 1. The quantitative estimate of drug-likeness (QED) is 0.492. The van der Waals surface area contributed by atoms with Crippen LogP contribution in [-0.2, 0) is 6.42 Å². The van der Waals surface area contributed by atoms with Gasteiger partial charge in [0, 0.05) is 24.0 Å². The van der Waals surface area contributed by atoms with Gasteiger partial charge in [-0.25, -0.2) is 4.39 Å². The highest BCUT2D eigenvalue weighted by Gasteiger charge is 2.16. The number of hydrogen-bond acceptors (Lipinski definition) is 0. The second kappa shape index (κ2) is 2.22. The second-order valence-electron chi connectivity index (χ2n) is 3.32. The Morgan fingerprint density at radius 3 is 3.08 bits per heavy atom. The highest BCUT2D eigenvalue weighted by Crippen LogP contribution is 2.28. The Bertz CT molecular complexity index is 471. The van der Waals surface area contributed by atoms with Crippen LogP contribution in [0.3, 0.4) is 0 Å². The first-order valence-electron chi connectivity index (χ1n) is 4.29. The molecule has 0 saturated carbocycles. The summed E-state index contributed by atoms with van der Waals surface area (Å²) in [6.07, 6.45) is 2.86. The van der Waals surface area contributed by atoms with E-state index in [-0.39, 0.29) is 5.82 Å². The first-order chi connectivity index (χ1) is 6.34. The van der Waals surface area contributed by atoms with Gasteiger partial charge >= 0.3 is 0 Å². The van der Waals surface area contributed by atoms with E-state index in [1.807, 2.05) is 18.3 Å². The van der Waals surface area contributed by atoms with Crippen molar-refractivity contribution in [3.05, 3.63) is 53.6 Å². The normalized spacial score (nSPS) is 12.7. The number of fused-ring (bicyclic) bond motifs is 3. The van der Waals surface area contributed by atoms with E-state index in [1.54, 1.807) is 6.07 Å². The van der Waals surface area contributed by atoms with E-state index in [1.165, 1.54) is 11.8 Å². The maximum atomic E-state index is 12.9. The second-order valence-corrected chi connectivity index (χ2v) is 3.32. The predicted molar refractivity (Wildman–Crippen MR) is 48.5 cm³/mol. The van der Waals surface area contributed by atoms with E-state index < -0.39 is 0 Å². The van der Waals surface area contributed by atoms with Crippen LogP contribution < -0.4 is 0 Å². The van der Waals surface area contributed by atoms with E-state index in [0.29, 0.717) is 0 Å². The van der Waals surface area contributed by atoms with Gasteiger partial charge in [-0.1, -0.05) is 0 Å². The molecule has 1 aromatic carbocycles. The van der Waals surface area contributed by atoms with Crippen LogP contribution in [0.4, 0.5) is 4.39 Å². The standard InChI is InChI=1S/C11H8FN/c12-9-3-4-11-8(6-9)7-10-2-1-5-13(10)11/h1-6H,7H2.